The van der Waals surface area contributed by atoms with E-state index in [0.717, 1.165) is 36.8 Å². The van der Waals surface area contributed by atoms with Crippen LogP contribution in [0.25, 0.3) is 21.8 Å². The lowest BCUT2D eigenvalue weighted by Crippen LogP contribution is -2.55. The summed E-state index contributed by atoms with van der Waals surface area (Å²) in [4.78, 5) is 0. The molecule has 0 N–H and O–H groups in total. The monoisotopic (exact) mass is 614 g/mol. The summed E-state index contributed by atoms with van der Waals surface area (Å²) in [6.45, 7) is 7.36. The molecule has 2 fully saturated rings. The summed E-state index contributed by atoms with van der Waals surface area (Å²) in [5.74, 6) is 3.14. The lowest BCUT2D eigenvalue weighted by Gasteiger charge is -2.60. The minimum absolute atomic E-state index is 0.249. The number of nitrogens with zero attached hydrogens (tertiary/aromatic N) is 2. The van der Waals surface area contributed by atoms with E-state index in [2.05, 4.69) is 132 Å². The van der Waals surface area contributed by atoms with Gasteiger partial charge in [0.1, 0.15) is 0 Å². The topological polar surface area (TPSA) is 9.86 Å². The quantitative estimate of drug-likeness (QED) is 0.187. The first kappa shape index (κ1) is 28.0. The molecule has 4 aliphatic carbocycles. The molecule has 6 aromatic rings. The van der Waals surface area contributed by atoms with Crippen LogP contribution >= 0.6 is 0 Å². The Bertz CT molecular complexity index is 2130. The molecule has 4 aliphatic rings. The van der Waals surface area contributed by atoms with Crippen LogP contribution in [-0.2, 0) is 37.8 Å². The zero-order valence-corrected chi connectivity index (χ0v) is 28.0. The van der Waals surface area contributed by atoms with Crippen molar-refractivity contribution in [2.75, 3.05) is 0 Å². The van der Waals surface area contributed by atoms with Crippen molar-refractivity contribution in [3.63, 3.8) is 0 Å². The minimum atomic E-state index is 0.249. The van der Waals surface area contributed by atoms with Crippen LogP contribution in [0.2, 0.25) is 0 Å². The first-order chi connectivity index (χ1) is 23.0. The highest BCUT2D eigenvalue weighted by Crippen LogP contribution is 2.66. The number of fused-ring (bicyclic) bond motifs is 12. The van der Waals surface area contributed by atoms with Gasteiger partial charge in [-0.15, -0.1) is 0 Å². The van der Waals surface area contributed by atoms with Gasteiger partial charge >= 0.3 is 0 Å². The van der Waals surface area contributed by atoms with Gasteiger partial charge in [-0.3, -0.25) is 0 Å². The molecule has 236 valence electrons. The Kier molecular flexibility index (Phi) is 6.10. The third-order valence-corrected chi connectivity index (χ3v) is 14.1. The number of hydrogen-bond acceptors (Lipinski definition) is 0. The van der Waals surface area contributed by atoms with Crippen LogP contribution < -0.4 is 0 Å². The maximum absolute atomic E-state index is 2.74. The van der Waals surface area contributed by atoms with Crippen LogP contribution in [0.1, 0.15) is 73.2 Å². The van der Waals surface area contributed by atoms with E-state index in [0.29, 0.717) is 5.41 Å². The van der Waals surface area contributed by atoms with Crippen molar-refractivity contribution in [2.45, 2.75) is 77.3 Å². The first-order valence-electron chi connectivity index (χ1n) is 18.3. The fourth-order valence-electron chi connectivity index (χ4n) is 11.9. The van der Waals surface area contributed by atoms with Crippen LogP contribution in [0.5, 0.6) is 0 Å². The average Bonchev–Trinajstić information content (AvgIpc) is 3.70. The summed E-state index contributed by atoms with van der Waals surface area (Å²) in [6.07, 6.45) is 9.22. The maximum atomic E-state index is 2.74. The van der Waals surface area contributed by atoms with Gasteiger partial charge in [-0.2, -0.15) is 0 Å². The lowest BCUT2D eigenvalue weighted by molar-refractivity contribution is -0.0768. The normalized spacial score (nSPS) is 29.2. The molecule has 0 bridgehead atoms. The predicted octanol–water partition coefficient (Wildman–Crippen LogP) is 10.4. The van der Waals surface area contributed by atoms with Gasteiger partial charge in [-0.1, -0.05) is 111 Å². The second kappa shape index (κ2) is 10.2. The number of benzene rings is 4. The molecule has 4 aromatic carbocycles. The highest BCUT2D eigenvalue weighted by molar-refractivity contribution is 5.88. The molecule has 2 heterocycles. The second-order valence-corrected chi connectivity index (χ2v) is 16.1. The molecule has 0 radical (unpaired) electrons. The van der Waals surface area contributed by atoms with Crippen molar-refractivity contribution < 1.29 is 0 Å². The maximum Gasteiger partial charge on any atom is 0.0488 e. The molecule has 2 heteroatoms. The van der Waals surface area contributed by atoms with Crippen molar-refractivity contribution in [3.05, 3.63) is 143 Å². The minimum Gasteiger partial charge on any atom is -0.340 e. The van der Waals surface area contributed by atoms with E-state index in [-0.39, 0.29) is 5.41 Å². The lowest BCUT2D eigenvalue weighted by atomic mass is 9.45. The smallest absolute Gasteiger partial charge is 0.0488 e. The van der Waals surface area contributed by atoms with Gasteiger partial charge in [0.25, 0.3) is 0 Å². The van der Waals surface area contributed by atoms with Crippen molar-refractivity contribution in [1.82, 2.24) is 9.13 Å². The van der Waals surface area contributed by atoms with Crippen molar-refractivity contribution >= 4 is 21.8 Å². The van der Waals surface area contributed by atoms with E-state index in [4.69, 9.17) is 0 Å². The first-order valence-corrected chi connectivity index (χ1v) is 18.3. The number of rotatable bonds is 4. The molecular formula is C45H46N2. The third kappa shape index (κ3) is 3.97. The Balaban J connectivity index is 1.03. The standard InChI is InChI=1S/C45H46N2/c1-44-24-23-38-35(39(44)26-36-33-17-9-12-20-41(33)47(43(36)44)29-31-15-7-4-8-16-31)22-21-32-25-42-37(27-45(32,38)2)34-18-10-11-19-40(34)46(42)28-30-13-5-3-6-14-30/h3-20,32,35,38-39H,21-29H2,1-2H3/t32-,35+,38-,39-,44-,45-/m0/s1. The third-order valence-electron chi connectivity index (χ3n) is 14.1. The Morgan fingerprint density at radius 3 is 1.89 bits per heavy atom. The Labute approximate surface area is 279 Å². The number of para-hydroxylation sites is 2. The Hall–Kier alpha value is -4.04. The van der Waals surface area contributed by atoms with Crippen molar-refractivity contribution in [3.8, 4) is 0 Å². The van der Waals surface area contributed by atoms with Gasteiger partial charge in [-0.05, 0) is 108 Å². The zero-order valence-electron chi connectivity index (χ0n) is 28.0. The zero-order chi connectivity index (χ0) is 31.3. The largest absolute Gasteiger partial charge is 0.340 e. The van der Waals surface area contributed by atoms with Gasteiger partial charge in [0, 0.05) is 51.7 Å². The van der Waals surface area contributed by atoms with Crippen molar-refractivity contribution in [1.29, 1.82) is 0 Å². The van der Waals surface area contributed by atoms with Gasteiger partial charge < -0.3 is 9.13 Å². The molecular weight excluding hydrogens is 569 g/mol. The molecule has 0 amide bonds. The van der Waals surface area contributed by atoms with Crippen LogP contribution in [0.15, 0.2) is 109 Å². The SMILES string of the molecule is C[C@]12Cc3c(n(Cc4ccccc4)c4ccccc34)C[C@@H]1CC[C@@H]1[C@@H]2CC[C@]2(C)c3c(c4ccccc4n3Cc3ccccc3)C[C@@H]12. The highest BCUT2D eigenvalue weighted by Gasteiger charge is 2.60. The summed E-state index contributed by atoms with van der Waals surface area (Å²) in [5, 5.41) is 3.02. The van der Waals surface area contributed by atoms with E-state index in [1.165, 1.54) is 77.9 Å². The van der Waals surface area contributed by atoms with Crippen LogP contribution in [-0.4, -0.2) is 9.13 Å². The molecule has 0 saturated heterocycles. The Morgan fingerprint density at radius 2 is 1.19 bits per heavy atom. The summed E-state index contributed by atoms with van der Waals surface area (Å²) >= 11 is 0. The molecule has 2 nitrogen and oxygen atoms in total. The number of hydrogen-bond donors (Lipinski definition) is 0. The van der Waals surface area contributed by atoms with Crippen molar-refractivity contribution in [2.24, 2.45) is 29.1 Å². The number of aromatic nitrogens is 2. The molecule has 0 unspecified atom stereocenters. The van der Waals surface area contributed by atoms with Gasteiger partial charge in [0.05, 0.1) is 0 Å². The molecule has 10 rings (SSSR count). The molecule has 2 aromatic heterocycles. The summed E-state index contributed by atoms with van der Waals surface area (Å²) in [5.41, 5.74) is 13.0. The van der Waals surface area contributed by atoms with E-state index in [1.54, 1.807) is 22.5 Å². The van der Waals surface area contributed by atoms with E-state index in [1.807, 2.05) is 0 Å². The summed E-state index contributed by atoms with van der Waals surface area (Å²) in [7, 11) is 0. The van der Waals surface area contributed by atoms with Gasteiger partial charge in [0.2, 0.25) is 0 Å². The fourth-order valence-corrected chi connectivity index (χ4v) is 11.9. The summed E-state index contributed by atoms with van der Waals surface area (Å²) < 4.78 is 5.43. The summed E-state index contributed by atoms with van der Waals surface area (Å²) in [6, 6.07) is 40.9. The average molecular weight is 615 g/mol. The predicted molar refractivity (Wildman–Crippen MR) is 194 cm³/mol. The highest BCUT2D eigenvalue weighted by atomic mass is 15.0. The Morgan fingerprint density at radius 1 is 0.596 bits per heavy atom. The molecule has 0 spiro atoms. The van der Waals surface area contributed by atoms with Crippen LogP contribution in [0.3, 0.4) is 0 Å². The molecule has 0 aliphatic heterocycles. The van der Waals surface area contributed by atoms with E-state index >= 15 is 0 Å². The van der Waals surface area contributed by atoms with Gasteiger partial charge in [0.15, 0.2) is 0 Å². The fraction of sp³-hybridized carbons (Fsp3) is 0.378. The molecule has 2 saturated carbocycles. The van der Waals surface area contributed by atoms with Crippen LogP contribution in [0.4, 0.5) is 0 Å². The van der Waals surface area contributed by atoms with Gasteiger partial charge in [-0.25, -0.2) is 0 Å². The van der Waals surface area contributed by atoms with E-state index < -0.39 is 0 Å². The molecule has 47 heavy (non-hydrogen) atoms. The van der Waals surface area contributed by atoms with Crippen LogP contribution in [0, 0.1) is 29.1 Å². The van der Waals surface area contributed by atoms with E-state index in [9.17, 15) is 0 Å². The molecule has 6 atom stereocenters. The second-order valence-electron chi connectivity index (χ2n) is 16.1.